The van der Waals surface area contributed by atoms with Gasteiger partial charge in [-0.05, 0) is 31.7 Å². The monoisotopic (exact) mass is 358 g/mol. The molecule has 1 heterocycles. The number of amides is 1. The van der Waals surface area contributed by atoms with E-state index in [9.17, 15) is 4.79 Å². The third kappa shape index (κ3) is 5.13. The first-order chi connectivity index (χ1) is 12.7. The van der Waals surface area contributed by atoms with E-state index in [0.29, 0.717) is 6.54 Å². The van der Waals surface area contributed by atoms with E-state index in [1.165, 1.54) is 12.8 Å². The number of nitrogens with one attached hydrogen (secondary N) is 1. The second kappa shape index (κ2) is 8.92. The molecule has 0 spiro atoms. The van der Waals surface area contributed by atoms with Gasteiger partial charge in [0.15, 0.2) is 5.96 Å². The van der Waals surface area contributed by atoms with E-state index in [0.717, 1.165) is 62.5 Å². The summed E-state index contributed by atoms with van der Waals surface area (Å²) in [5.74, 6) is 2.74. The van der Waals surface area contributed by atoms with Crippen molar-refractivity contribution in [3.05, 3.63) is 29.8 Å². The summed E-state index contributed by atoms with van der Waals surface area (Å²) in [5, 5.41) is 3.38. The summed E-state index contributed by atoms with van der Waals surface area (Å²) in [7, 11) is 0. The molecule has 1 N–H and O–H groups in total. The Balaban J connectivity index is 1.63. The Kier molecular flexibility index (Phi) is 6.36. The molecule has 2 aliphatic rings. The van der Waals surface area contributed by atoms with Crippen LogP contribution in [0.4, 0.5) is 0 Å². The Hall–Kier alpha value is -2.24. The van der Waals surface area contributed by atoms with Crippen LogP contribution in [-0.2, 0) is 11.3 Å². The van der Waals surface area contributed by atoms with Gasteiger partial charge in [-0.1, -0.05) is 18.2 Å². The van der Waals surface area contributed by atoms with Gasteiger partial charge >= 0.3 is 0 Å². The Labute approximate surface area is 156 Å². The average molecular weight is 358 g/mol. The van der Waals surface area contributed by atoms with Crippen molar-refractivity contribution in [3.63, 3.8) is 0 Å². The number of guanidine groups is 1. The smallest absolute Gasteiger partial charge is 0.219 e. The SMILES string of the molecule is CCNC(=NCc1ccccc1OCC1CC1)N1CCN(C(C)=O)CC1. The van der Waals surface area contributed by atoms with Gasteiger partial charge in [0.2, 0.25) is 5.91 Å². The Morgan fingerprint density at radius 2 is 1.88 bits per heavy atom. The molecule has 0 atom stereocenters. The standard InChI is InChI=1S/C20H30N4O2/c1-3-21-20(24-12-10-23(11-13-24)16(2)25)22-14-18-6-4-5-7-19(18)26-15-17-8-9-17/h4-7,17H,3,8-15H2,1-2H3,(H,21,22). The lowest BCUT2D eigenvalue weighted by Gasteiger charge is -2.36. The van der Waals surface area contributed by atoms with Crippen molar-refractivity contribution in [2.75, 3.05) is 39.3 Å². The minimum atomic E-state index is 0.147. The van der Waals surface area contributed by atoms with Crippen LogP contribution in [0.3, 0.4) is 0 Å². The second-order valence-corrected chi connectivity index (χ2v) is 7.03. The van der Waals surface area contributed by atoms with Gasteiger partial charge in [-0.3, -0.25) is 4.79 Å². The largest absolute Gasteiger partial charge is 0.493 e. The van der Waals surface area contributed by atoms with Crippen LogP contribution >= 0.6 is 0 Å². The van der Waals surface area contributed by atoms with Crippen LogP contribution in [0.5, 0.6) is 5.75 Å². The summed E-state index contributed by atoms with van der Waals surface area (Å²) >= 11 is 0. The molecule has 0 bridgehead atoms. The summed E-state index contributed by atoms with van der Waals surface area (Å²) in [6.07, 6.45) is 2.58. The number of carbonyl (C=O) groups excluding carboxylic acids is 1. The molecule has 26 heavy (non-hydrogen) atoms. The molecule has 142 valence electrons. The zero-order chi connectivity index (χ0) is 18.4. The molecule has 2 fully saturated rings. The van der Waals surface area contributed by atoms with E-state index in [4.69, 9.17) is 9.73 Å². The molecule has 1 amide bonds. The van der Waals surface area contributed by atoms with E-state index >= 15 is 0 Å². The molecule has 1 aromatic carbocycles. The molecular formula is C20H30N4O2. The summed E-state index contributed by atoms with van der Waals surface area (Å²) in [6.45, 7) is 9.06. The lowest BCUT2D eigenvalue weighted by Crippen LogP contribution is -2.53. The highest BCUT2D eigenvalue weighted by Gasteiger charge is 2.23. The normalized spacial score (nSPS) is 18.0. The van der Waals surface area contributed by atoms with Gasteiger partial charge in [0.25, 0.3) is 0 Å². The number of piperazine rings is 1. The summed E-state index contributed by atoms with van der Waals surface area (Å²) in [5.41, 5.74) is 1.12. The van der Waals surface area contributed by atoms with Crippen LogP contribution in [0.25, 0.3) is 0 Å². The first-order valence-corrected chi connectivity index (χ1v) is 9.67. The average Bonchev–Trinajstić information content (AvgIpc) is 3.48. The Morgan fingerprint density at radius 1 is 1.19 bits per heavy atom. The van der Waals surface area contributed by atoms with Crippen molar-refractivity contribution >= 4 is 11.9 Å². The lowest BCUT2D eigenvalue weighted by atomic mass is 10.2. The number of ether oxygens (including phenoxy) is 1. The van der Waals surface area contributed by atoms with Crippen molar-refractivity contribution in [2.45, 2.75) is 33.2 Å². The van der Waals surface area contributed by atoms with Crippen molar-refractivity contribution in [1.29, 1.82) is 0 Å². The number of rotatable bonds is 6. The second-order valence-electron chi connectivity index (χ2n) is 7.03. The number of para-hydroxylation sites is 1. The first kappa shape index (κ1) is 18.5. The molecule has 3 rings (SSSR count). The Bertz CT molecular complexity index is 634. The maximum absolute atomic E-state index is 11.5. The van der Waals surface area contributed by atoms with Crippen LogP contribution in [0.1, 0.15) is 32.3 Å². The van der Waals surface area contributed by atoms with Gasteiger partial charge in [0.1, 0.15) is 5.75 Å². The molecular weight excluding hydrogens is 328 g/mol. The van der Waals surface area contributed by atoms with Gasteiger partial charge in [-0.25, -0.2) is 4.99 Å². The van der Waals surface area contributed by atoms with Gasteiger partial charge in [0, 0.05) is 45.2 Å². The van der Waals surface area contributed by atoms with Crippen molar-refractivity contribution < 1.29 is 9.53 Å². The van der Waals surface area contributed by atoms with Crippen LogP contribution in [0, 0.1) is 5.92 Å². The van der Waals surface area contributed by atoms with Gasteiger partial charge in [0.05, 0.1) is 13.2 Å². The number of hydrogen-bond acceptors (Lipinski definition) is 3. The molecule has 6 nitrogen and oxygen atoms in total. The van der Waals surface area contributed by atoms with Crippen LogP contribution in [0.2, 0.25) is 0 Å². The molecule has 1 saturated carbocycles. The minimum Gasteiger partial charge on any atom is -0.493 e. The van der Waals surface area contributed by atoms with Crippen LogP contribution < -0.4 is 10.1 Å². The van der Waals surface area contributed by atoms with Crippen LogP contribution in [-0.4, -0.2) is 61.0 Å². The maximum Gasteiger partial charge on any atom is 0.219 e. The fourth-order valence-electron chi connectivity index (χ4n) is 3.09. The maximum atomic E-state index is 11.5. The fraction of sp³-hybridized carbons (Fsp3) is 0.600. The third-order valence-corrected chi connectivity index (χ3v) is 4.90. The molecule has 0 unspecified atom stereocenters. The summed E-state index contributed by atoms with van der Waals surface area (Å²) < 4.78 is 5.99. The molecule has 0 aromatic heterocycles. The Morgan fingerprint density at radius 3 is 2.54 bits per heavy atom. The topological polar surface area (TPSA) is 57.2 Å². The van der Waals surface area contributed by atoms with Crippen molar-refractivity contribution in [2.24, 2.45) is 10.9 Å². The molecule has 0 radical (unpaired) electrons. The molecule has 1 aromatic rings. The molecule has 1 saturated heterocycles. The van der Waals surface area contributed by atoms with E-state index in [1.54, 1.807) is 6.92 Å². The zero-order valence-electron chi connectivity index (χ0n) is 15.9. The molecule has 1 aliphatic heterocycles. The highest BCUT2D eigenvalue weighted by molar-refractivity contribution is 5.80. The van der Waals surface area contributed by atoms with Crippen LogP contribution in [0.15, 0.2) is 29.3 Å². The van der Waals surface area contributed by atoms with E-state index in [1.807, 2.05) is 23.1 Å². The zero-order valence-corrected chi connectivity index (χ0v) is 15.9. The predicted molar refractivity (Wildman–Crippen MR) is 103 cm³/mol. The number of carbonyl (C=O) groups is 1. The summed E-state index contributed by atoms with van der Waals surface area (Å²) in [4.78, 5) is 20.5. The predicted octanol–water partition coefficient (Wildman–Crippen LogP) is 2.10. The fourth-order valence-corrected chi connectivity index (χ4v) is 3.09. The molecule has 6 heteroatoms. The van der Waals surface area contributed by atoms with Crippen molar-refractivity contribution in [3.8, 4) is 5.75 Å². The first-order valence-electron chi connectivity index (χ1n) is 9.67. The van der Waals surface area contributed by atoms with E-state index in [-0.39, 0.29) is 5.91 Å². The minimum absolute atomic E-state index is 0.147. The van der Waals surface area contributed by atoms with E-state index < -0.39 is 0 Å². The van der Waals surface area contributed by atoms with E-state index in [2.05, 4.69) is 23.2 Å². The number of hydrogen-bond donors (Lipinski definition) is 1. The van der Waals surface area contributed by atoms with Crippen molar-refractivity contribution in [1.82, 2.24) is 15.1 Å². The highest BCUT2D eigenvalue weighted by atomic mass is 16.5. The van der Waals surface area contributed by atoms with Gasteiger partial charge in [-0.2, -0.15) is 0 Å². The number of aliphatic imine (C=N–C) groups is 1. The third-order valence-electron chi connectivity index (χ3n) is 4.90. The molecule has 1 aliphatic carbocycles. The highest BCUT2D eigenvalue weighted by Crippen LogP contribution is 2.30. The number of nitrogens with zero attached hydrogens (tertiary/aromatic N) is 3. The number of benzene rings is 1. The lowest BCUT2D eigenvalue weighted by molar-refractivity contribution is -0.130. The van der Waals surface area contributed by atoms with Gasteiger partial charge < -0.3 is 19.9 Å². The summed E-state index contributed by atoms with van der Waals surface area (Å²) in [6, 6.07) is 8.17. The van der Waals surface area contributed by atoms with Gasteiger partial charge in [-0.15, -0.1) is 0 Å². The quantitative estimate of drug-likeness (QED) is 0.625.